The second-order valence-corrected chi connectivity index (χ2v) is 12.4. The highest BCUT2D eigenvalue weighted by Gasteiger charge is 2.36. The van der Waals surface area contributed by atoms with Gasteiger partial charge in [-0.3, -0.25) is 4.72 Å². The van der Waals surface area contributed by atoms with E-state index < -0.39 is 33.6 Å². The summed E-state index contributed by atoms with van der Waals surface area (Å²) >= 11 is 7.23. The molecule has 36 heavy (non-hydrogen) atoms. The Hall–Kier alpha value is -2.47. The second-order valence-electron chi connectivity index (χ2n) is 8.80. The largest absolute Gasteiger partial charge is 0.488 e. The van der Waals surface area contributed by atoms with Crippen molar-refractivity contribution >= 4 is 44.3 Å². The molecule has 0 saturated carbocycles. The van der Waals surface area contributed by atoms with Crippen molar-refractivity contribution in [1.29, 1.82) is 0 Å². The van der Waals surface area contributed by atoms with Crippen molar-refractivity contribution in [2.75, 3.05) is 43.9 Å². The fourth-order valence-electron chi connectivity index (χ4n) is 3.91. The Bertz CT molecular complexity index is 1340. The van der Waals surface area contributed by atoms with Gasteiger partial charge in [-0.1, -0.05) is 23.7 Å². The van der Waals surface area contributed by atoms with Crippen molar-refractivity contribution in [3.63, 3.8) is 0 Å². The fraction of sp³-hybridized carbons (Fsp3) is 0.333. The summed E-state index contributed by atoms with van der Waals surface area (Å²) in [4.78, 5) is 3.89. The van der Waals surface area contributed by atoms with Crippen LogP contribution >= 0.6 is 22.9 Å². The smallest absolute Gasteiger partial charge is 0.419 e. The SMILES string of the molecule is CN1CC[C@@H](Oc2cc(NS(=O)(=O)c3cc(-c4ccc(N(C)C)cc4)c(Cl)s3)ccc2C(F)(F)F)C1. The molecule has 12 heteroatoms. The molecule has 0 spiro atoms. The predicted molar refractivity (Wildman–Crippen MR) is 138 cm³/mol. The van der Waals surface area contributed by atoms with E-state index in [0.29, 0.717) is 25.1 Å². The minimum atomic E-state index is -4.64. The van der Waals surface area contributed by atoms with Gasteiger partial charge in [-0.05, 0) is 49.4 Å². The van der Waals surface area contributed by atoms with Crippen LogP contribution in [-0.4, -0.2) is 53.7 Å². The van der Waals surface area contributed by atoms with Gasteiger partial charge < -0.3 is 14.5 Å². The average Bonchev–Trinajstić information content (AvgIpc) is 3.38. The molecule has 1 fully saturated rings. The number of anilines is 2. The Balaban J connectivity index is 1.60. The van der Waals surface area contributed by atoms with Gasteiger partial charge in [-0.2, -0.15) is 13.2 Å². The minimum absolute atomic E-state index is 0.0363. The van der Waals surface area contributed by atoms with Crippen LogP contribution in [0.5, 0.6) is 5.75 Å². The topological polar surface area (TPSA) is 61.9 Å². The number of likely N-dealkylation sites (N-methyl/N-ethyl adjacent to an activating group) is 1. The molecule has 0 bridgehead atoms. The molecule has 0 amide bonds. The third-order valence-corrected chi connectivity index (χ3v) is 9.02. The van der Waals surface area contributed by atoms with Gasteiger partial charge in [0.2, 0.25) is 0 Å². The number of rotatable bonds is 7. The highest BCUT2D eigenvalue weighted by atomic mass is 35.5. The standard InChI is InChI=1S/C24H25ClF3N3O3S2/c1-30(2)17-7-4-15(5-8-17)19-13-22(35-23(19)25)36(32,33)29-16-6-9-20(24(26,27)28)21(12-16)34-18-10-11-31(3)14-18/h4-9,12-13,18,29H,10-11,14H2,1-3H3/t18-/m1/s1. The molecule has 1 aromatic heterocycles. The quantitative estimate of drug-likeness (QED) is 0.382. The molecule has 2 aromatic carbocycles. The first-order valence-corrected chi connectivity index (χ1v) is 13.7. The zero-order chi connectivity index (χ0) is 26.3. The Kier molecular flexibility index (Phi) is 7.47. The Morgan fingerprint density at radius 2 is 1.83 bits per heavy atom. The fourth-order valence-corrected chi connectivity index (χ4v) is 6.72. The number of alkyl halides is 3. The number of hydrogen-bond acceptors (Lipinski definition) is 6. The highest BCUT2D eigenvalue weighted by Crippen LogP contribution is 2.41. The van der Waals surface area contributed by atoms with E-state index in [2.05, 4.69) is 4.72 Å². The molecule has 1 N–H and O–H groups in total. The third kappa shape index (κ3) is 5.91. The van der Waals surface area contributed by atoms with E-state index in [-0.39, 0.29) is 14.2 Å². The van der Waals surface area contributed by atoms with Crippen LogP contribution in [0.15, 0.2) is 52.7 Å². The Morgan fingerprint density at radius 1 is 1.14 bits per heavy atom. The van der Waals surface area contributed by atoms with Crippen LogP contribution in [0.2, 0.25) is 4.34 Å². The van der Waals surface area contributed by atoms with Crippen molar-refractivity contribution < 1.29 is 26.3 Å². The number of nitrogens with zero attached hydrogens (tertiary/aromatic N) is 2. The van der Waals surface area contributed by atoms with Gasteiger partial charge in [0.1, 0.15) is 20.4 Å². The maximum atomic E-state index is 13.6. The van der Waals surface area contributed by atoms with E-state index in [4.69, 9.17) is 16.3 Å². The second kappa shape index (κ2) is 10.1. The summed E-state index contributed by atoms with van der Waals surface area (Å²) in [6.07, 6.45) is -4.48. The number of ether oxygens (including phenoxy) is 1. The predicted octanol–water partition coefficient (Wildman–Crippen LogP) is 6.04. The summed E-state index contributed by atoms with van der Waals surface area (Å²) in [6, 6.07) is 11.9. The monoisotopic (exact) mass is 559 g/mol. The molecule has 0 radical (unpaired) electrons. The summed E-state index contributed by atoms with van der Waals surface area (Å²) in [5.41, 5.74) is 1.28. The lowest BCUT2D eigenvalue weighted by molar-refractivity contribution is -0.139. The van der Waals surface area contributed by atoms with Crippen molar-refractivity contribution in [2.45, 2.75) is 22.9 Å². The van der Waals surface area contributed by atoms with Crippen LogP contribution < -0.4 is 14.4 Å². The first-order chi connectivity index (χ1) is 16.8. The minimum Gasteiger partial charge on any atom is -0.488 e. The van der Waals surface area contributed by atoms with Crippen LogP contribution in [-0.2, 0) is 16.2 Å². The highest BCUT2D eigenvalue weighted by molar-refractivity contribution is 7.94. The van der Waals surface area contributed by atoms with Crippen LogP contribution in [0.4, 0.5) is 24.5 Å². The maximum absolute atomic E-state index is 13.6. The molecule has 1 atom stereocenters. The van der Waals surface area contributed by atoms with Crippen LogP contribution in [0.3, 0.4) is 0 Å². The summed E-state index contributed by atoms with van der Waals surface area (Å²) < 4.78 is 75.1. The van der Waals surface area contributed by atoms with E-state index in [1.165, 1.54) is 6.07 Å². The molecule has 1 aliphatic heterocycles. The summed E-state index contributed by atoms with van der Waals surface area (Å²) in [6.45, 7) is 1.19. The van der Waals surface area contributed by atoms with Crippen LogP contribution in [0.25, 0.3) is 11.1 Å². The average molecular weight is 560 g/mol. The molecular weight excluding hydrogens is 535 g/mol. The lowest BCUT2D eigenvalue weighted by Crippen LogP contribution is -2.23. The Morgan fingerprint density at radius 3 is 2.42 bits per heavy atom. The van der Waals surface area contributed by atoms with Crippen LogP contribution in [0, 0.1) is 0 Å². The molecule has 4 rings (SSSR count). The number of hydrogen-bond donors (Lipinski definition) is 1. The van der Waals surface area contributed by atoms with Gasteiger partial charge >= 0.3 is 6.18 Å². The number of sulfonamides is 1. The third-order valence-electron chi connectivity index (χ3n) is 5.80. The number of thiophene rings is 1. The number of likely N-dealkylation sites (tertiary alicyclic amines) is 1. The summed E-state index contributed by atoms with van der Waals surface area (Å²) in [5.74, 6) is -0.408. The molecule has 2 heterocycles. The van der Waals surface area contributed by atoms with E-state index in [0.717, 1.165) is 40.8 Å². The molecule has 0 aliphatic carbocycles. The molecule has 0 unspecified atom stereocenters. The van der Waals surface area contributed by atoms with E-state index in [1.807, 2.05) is 55.2 Å². The van der Waals surface area contributed by atoms with Gasteiger partial charge in [0.25, 0.3) is 10.0 Å². The molecule has 1 aliphatic rings. The van der Waals surface area contributed by atoms with Crippen molar-refractivity contribution in [3.8, 4) is 16.9 Å². The number of nitrogens with one attached hydrogen (secondary N) is 1. The molecule has 194 valence electrons. The Labute approximate surface area is 217 Å². The van der Waals surface area contributed by atoms with Crippen LogP contribution in [0.1, 0.15) is 12.0 Å². The zero-order valence-corrected chi connectivity index (χ0v) is 22.2. The van der Waals surface area contributed by atoms with E-state index in [9.17, 15) is 21.6 Å². The lowest BCUT2D eigenvalue weighted by Gasteiger charge is -2.19. The van der Waals surface area contributed by atoms with Gasteiger partial charge in [0.15, 0.2) is 0 Å². The number of benzene rings is 2. The molecular formula is C24H25ClF3N3O3S2. The van der Waals surface area contributed by atoms with Gasteiger partial charge in [0.05, 0.1) is 11.3 Å². The summed E-state index contributed by atoms with van der Waals surface area (Å²) in [5, 5.41) is 0. The zero-order valence-electron chi connectivity index (χ0n) is 19.8. The van der Waals surface area contributed by atoms with Gasteiger partial charge in [-0.15, -0.1) is 11.3 Å². The van der Waals surface area contributed by atoms with E-state index >= 15 is 0 Å². The number of halogens is 4. The lowest BCUT2D eigenvalue weighted by atomic mass is 10.1. The van der Waals surface area contributed by atoms with E-state index in [1.54, 1.807) is 0 Å². The molecule has 6 nitrogen and oxygen atoms in total. The van der Waals surface area contributed by atoms with Gasteiger partial charge in [-0.25, -0.2) is 8.42 Å². The first-order valence-electron chi connectivity index (χ1n) is 11.0. The molecule has 1 saturated heterocycles. The van der Waals surface area contributed by atoms with Crippen molar-refractivity contribution in [1.82, 2.24) is 4.90 Å². The normalized spacial score (nSPS) is 16.8. The molecule has 3 aromatic rings. The first kappa shape index (κ1) is 26.6. The summed E-state index contributed by atoms with van der Waals surface area (Å²) in [7, 11) is 1.56. The van der Waals surface area contributed by atoms with Crippen molar-refractivity contribution in [2.24, 2.45) is 0 Å². The van der Waals surface area contributed by atoms with Gasteiger partial charge in [0, 0.05) is 44.5 Å². The maximum Gasteiger partial charge on any atom is 0.419 e. The van der Waals surface area contributed by atoms with Crippen molar-refractivity contribution in [3.05, 3.63) is 58.4 Å².